The summed E-state index contributed by atoms with van der Waals surface area (Å²) in [4.78, 5) is 29.7. The van der Waals surface area contributed by atoms with E-state index in [2.05, 4.69) is 9.72 Å². The minimum Gasteiger partial charge on any atom is -0.466 e. The van der Waals surface area contributed by atoms with Gasteiger partial charge < -0.3 is 4.74 Å². The molecule has 1 aromatic heterocycles. The van der Waals surface area contributed by atoms with Crippen LogP contribution in [-0.4, -0.2) is 23.8 Å². The van der Waals surface area contributed by atoms with Crippen molar-refractivity contribution in [3.8, 4) is 10.6 Å². The Kier molecular flexibility index (Phi) is 8.63. The summed E-state index contributed by atoms with van der Waals surface area (Å²) in [5, 5.41) is 0.592. The Morgan fingerprint density at radius 3 is 2.33 bits per heavy atom. The lowest BCUT2D eigenvalue weighted by molar-refractivity contribution is -0.137. The fourth-order valence-electron chi connectivity index (χ4n) is 3.50. The molecule has 0 aliphatic carbocycles. The number of allylic oxidation sites excluding steroid dienone is 1. The molecule has 0 atom stereocenters. The zero-order valence-corrected chi connectivity index (χ0v) is 21.2. The molecule has 188 valence electrons. The van der Waals surface area contributed by atoms with Gasteiger partial charge in [0.15, 0.2) is 5.78 Å². The van der Waals surface area contributed by atoms with Gasteiger partial charge >= 0.3 is 12.1 Å². The molecule has 0 amide bonds. The van der Waals surface area contributed by atoms with Crippen molar-refractivity contribution in [2.45, 2.75) is 39.3 Å². The van der Waals surface area contributed by atoms with Crippen molar-refractivity contribution in [3.63, 3.8) is 0 Å². The van der Waals surface area contributed by atoms with Gasteiger partial charge in [0, 0.05) is 17.2 Å². The van der Waals surface area contributed by atoms with Gasteiger partial charge in [0.05, 0.1) is 23.2 Å². The molecular weight excluding hydrogens is 487 g/mol. The normalized spacial score (nSPS) is 12.1. The van der Waals surface area contributed by atoms with Crippen molar-refractivity contribution in [1.29, 1.82) is 0 Å². The Balaban J connectivity index is 1.86. The summed E-state index contributed by atoms with van der Waals surface area (Å²) in [5.41, 5.74) is 2.90. The largest absolute Gasteiger partial charge is 0.466 e. The third-order valence-electron chi connectivity index (χ3n) is 5.48. The maximum atomic E-state index is 12.9. The van der Waals surface area contributed by atoms with Gasteiger partial charge in [-0.05, 0) is 59.9 Å². The minimum atomic E-state index is -4.40. The summed E-state index contributed by atoms with van der Waals surface area (Å²) >= 11 is 1.33. The van der Waals surface area contributed by atoms with Crippen LogP contribution in [0.3, 0.4) is 0 Å². The molecule has 0 aliphatic rings. The molecule has 3 aromatic rings. The van der Waals surface area contributed by atoms with Crippen LogP contribution in [0.4, 0.5) is 13.2 Å². The van der Waals surface area contributed by atoms with Crippen LogP contribution in [0.2, 0.25) is 0 Å². The zero-order valence-electron chi connectivity index (χ0n) is 20.3. The molecule has 0 spiro atoms. The van der Waals surface area contributed by atoms with E-state index in [1.54, 1.807) is 30.4 Å². The Labute approximate surface area is 212 Å². The zero-order chi connectivity index (χ0) is 26.5. The van der Waals surface area contributed by atoms with E-state index in [1.807, 2.05) is 20.8 Å². The predicted octanol–water partition coefficient (Wildman–Crippen LogP) is 7.60. The van der Waals surface area contributed by atoms with Crippen molar-refractivity contribution in [3.05, 3.63) is 87.4 Å². The SMILES string of the molecule is CCc1cc(C(=O)/C=C/c2sc(-c3ccc(C(F)(F)F)cc3)nc2C(C)C)ccc1/C=C/C(=O)OC. The van der Waals surface area contributed by atoms with Crippen LogP contribution >= 0.6 is 11.3 Å². The molecule has 8 heteroatoms. The first-order chi connectivity index (χ1) is 17.0. The minimum absolute atomic E-state index is 0.0618. The molecule has 4 nitrogen and oxygen atoms in total. The number of carbonyl (C=O) groups is 2. The highest BCUT2D eigenvalue weighted by Gasteiger charge is 2.30. The lowest BCUT2D eigenvalue weighted by Gasteiger charge is -2.06. The summed E-state index contributed by atoms with van der Waals surface area (Å²) in [6.45, 7) is 5.90. The number of esters is 1. The van der Waals surface area contributed by atoms with Crippen LogP contribution in [0.1, 0.15) is 64.3 Å². The van der Waals surface area contributed by atoms with Gasteiger partial charge in [0.1, 0.15) is 5.01 Å². The molecule has 36 heavy (non-hydrogen) atoms. The van der Waals surface area contributed by atoms with E-state index in [4.69, 9.17) is 0 Å². The molecule has 0 aliphatic heterocycles. The van der Waals surface area contributed by atoms with E-state index in [0.717, 1.165) is 33.8 Å². The highest BCUT2D eigenvalue weighted by Crippen LogP contribution is 2.35. The summed E-state index contributed by atoms with van der Waals surface area (Å²) in [6, 6.07) is 10.2. The summed E-state index contributed by atoms with van der Waals surface area (Å²) in [6.07, 6.45) is 2.46. The number of ether oxygens (including phenoxy) is 1. The van der Waals surface area contributed by atoms with Crippen LogP contribution in [0.5, 0.6) is 0 Å². The number of benzene rings is 2. The number of halogens is 3. The first-order valence-electron chi connectivity index (χ1n) is 11.3. The number of carbonyl (C=O) groups excluding carboxylic acids is 2. The van der Waals surface area contributed by atoms with Gasteiger partial charge in [-0.3, -0.25) is 4.79 Å². The first-order valence-corrected chi connectivity index (χ1v) is 12.1. The van der Waals surface area contributed by atoms with E-state index in [0.29, 0.717) is 22.6 Å². The first kappa shape index (κ1) is 27.1. The molecule has 0 bridgehead atoms. The van der Waals surface area contributed by atoms with E-state index in [-0.39, 0.29) is 11.7 Å². The molecular formula is C28H26F3NO3S. The van der Waals surface area contributed by atoms with Crippen LogP contribution in [0.25, 0.3) is 22.7 Å². The fraction of sp³-hybridized carbons (Fsp3) is 0.250. The van der Waals surface area contributed by atoms with Crippen molar-refractivity contribution >= 4 is 35.2 Å². The third-order valence-corrected chi connectivity index (χ3v) is 6.57. The van der Waals surface area contributed by atoms with Crippen LogP contribution in [-0.2, 0) is 22.1 Å². The van der Waals surface area contributed by atoms with Crippen molar-refractivity contribution in [2.24, 2.45) is 0 Å². The van der Waals surface area contributed by atoms with E-state index < -0.39 is 17.7 Å². The number of rotatable bonds is 8. The highest BCUT2D eigenvalue weighted by atomic mass is 32.1. The van der Waals surface area contributed by atoms with Crippen LogP contribution < -0.4 is 0 Å². The standard InChI is InChI=1S/C28H26F3NO3S/c1-5-18-16-21(7-6-19(18)10-15-25(34)35-4)23(33)13-14-24-26(17(2)3)32-27(36-24)20-8-11-22(12-9-20)28(29,30)31/h6-17H,5H2,1-4H3/b14-13+,15-10+. The van der Waals surface area contributed by atoms with Gasteiger partial charge in [-0.25, -0.2) is 9.78 Å². The molecule has 0 fully saturated rings. The summed E-state index contributed by atoms with van der Waals surface area (Å²) < 4.78 is 43.3. The molecule has 1 heterocycles. The maximum absolute atomic E-state index is 12.9. The third kappa shape index (κ3) is 6.57. The summed E-state index contributed by atoms with van der Waals surface area (Å²) in [7, 11) is 1.31. The molecule has 0 unspecified atom stereocenters. The number of hydrogen-bond acceptors (Lipinski definition) is 5. The number of methoxy groups -OCH3 is 1. The Morgan fingerprint density at radius 1 is 1.06 bits per heavy atom. The second-order valence-corrected chi connectivity index (χ2v) is 9.35. The van der Waals surface area contributed by atoms with Gasteiger partial charge in [0.25, 0.3) is 0 Å². The van der Waals surface area contributed by atoms with Gasteiger partial charge in [0.2, 0.25) is 0 Å². The molecule has 0 saturated carbocycles. The second-order valence-electron chi connectivity index (χ2n) is 8.32. The predicted molar refractivity (Wildman–Crippen MR) is 137 cm³/mol. The molecule has 0 saturated heterocycles. The molecule has 0 N–H and O–H groups in total. The fourth-order valence-corrected chi connectivity index (χ4v) is 4.63. The van der Waals surface area contributed by atoms with Crippen molar-refractivity contribution in [1.82, 2.24) is 4.98 Å². The van der Waals surface area contributed by atoms with E-state index in [9.17, 15) is 22.8 Å². The van der Waals surface area contributed by atoms with Gasteiger partial charge in [-0.1, -0.05) is 45.0 Å². The monoisotopic (exact) mass is 513 g/mol. The van der Waals surface area contributed by atoms with E-state index in [1.165, 1.54) is 42.7 Å². The number of thiazole rings is 1. The highest BCUT2D eigenvalue weighted by molar-refractivity contribution is 7.16. The number of alkyl halides is 3. The second kappa shape index (κ2) is 11.5. The Bertz CT molecular complexity index is 1300. The summed E-state index contributed by atoms with van der Waals surface area (Å²) in [5.74, 6) is -0.583. The van der Waals surface area contributed by atoms with E-state index >= 15 is 0 Å². The number of aryl methyl sites for hydroxylation is 1. The number of nitrogens with zero attached hydrogens (tertiary/aromatic N) is 1. The average molecular weight is 514 g/mol. The molecule has 3 rings (SSSR count). The smallest absolute Gasteiger partial charge is 0.416 e. The Hall–Kier alpha value is -3.52. The van der Waals surface area contributed by atoms with Crippen LogP contribution in [0, 0.1) is 0 Å². The van der Waals surface area contributed by atoms with Gasteiger partial charge in [-0.15, -0.1) is 11.3 Å². The average Bonchev–Trinajstić information content (AvgIpc) is 3.30. The quantitative estimate of drug-likeness (QED) is 0.177. The lowest BCUT2D eigenvalue weighted by Crippen LogP contribution is -2.03. The van der Waals surface area contributed by atoms with Gasteiger partial charge in [-0.2, -0.15) is 13.2 Å². The van der Waals surface area contributed by atoms with Crippen molar-refractivity contribution < 1.29 is 27.5 Å². The lowest BCUT2D eigenvalue weighted by atomic mass is 9.99. The van der Waals surface area contributed by atoms with Crippen molar-refractivity contribution in [2.75, 3.05) is 7.11 Å². The topological polar surface area (TPSA) is 56.3 Å². The number of ketones is 1. The number of hydrogen-bond donors (Lipinski definition) is 0. The molecule has 0 radical (unpaired) electrons. The maximum Gasteiger partial charge on any atom is 0.416 e. The Morgan fingerprint density at radius 2 is 1.75 bits per heavy atom. The van der Waals surface area contributed by atoms with Crippen LogP contribution in [0.15, 0.2) is 54.6 Å². The molecule has 2 aromatic carbocycles. The number of aromatic nitrogens is 1.